The summed E-state index contributed by atoms with van der Waals surface area (Å²) in [6.45, 7) is 0. The van der Waals surface area contributed by atoms with Crippen molar-refractivity contribution in [3.05, 3.63) is 170 Å². The molecule has 0 aliphatic carbocycles. The Bertz CT molecular complexity index is 2440. The summed E-state index contributed by atoms with van der Waals surface area (Å²) in [4.78, 5) is 5.30. The molecule has 46 heavy (non-hydrogen) atoms. The molecule has 0 N–H and O–H groups in total. The number of fused-ring (bicyclic) bond motifs is 4. The lowest BCUT2D eigenvalue weighted by Gasteiger charge is -2.11. The van der Waals surface area contributed by atoms with Gasteiger partial charge in [-0.1, -0.05) is 140 Å². The van der Waals surface area contributed by atoms with Gasteiger partial charge < -0.3 is 4.57 Å². The molecule has 0 aliphatic heterocycles. The van der Waals surface area contributed by atoms with Crippen LogP contribution in [0.1, 0.15) is 0 Å². The van der Waals surface area contributed by atoms with Crippen LogP contribution in [0, 0.1) is 0 Å². The molecule has 4 nitrogen and oxygen atoms in total. The second-order valence-corrected chi connectivity index (χ2v) is 11.5. The SMILES string of the molecule is c1ccc(-c2cc(-c3ccccc3)n3nc(-c4ccccc4)c(-c4ccc(-n5c6ccccc6c6ccccc65)cc4)c3n2)cc1. The number of benzene rings is 6. The van der Waals surface area contributed by atoms with Crippen molar-refractivity contribution in [3.8, 4) is 50.6 Å². The Balaban J connectivity index is 1.30. The van der Waals surface area contributed by atoms with E-state index in [4.69, 9.17) is 10.1 Å². The van der Waals surface area contributed by atoms with Crippen LogP contribution in [-0.2, 0) is 0 Å². The highest BCUT2D eigenvalue weighted by atomic mass is 15.3. The maximum atomic E-state index is 5.30. The molecule has 9 rings (SSSR count). The number of para-hydroxylation sites is 2. The van der Waals surface area contributed by atoms with Crippen LogP contribution in [0.4, 0.5) is 0 Å². The minimum absolute atomic E-state index is 0.823. The van der Waals surface area contributed by atoms with Gasteiger partial charge in [-0.05, 0) is 35.9 Å². The second kappa shape index (κ2) is 10.7. The van der Waals surface area contributed by atoms with Gasteiger partial charge in [-0.15, -0.1) is 0 Å². The average molecular weight is 589 g/mol. The van der Waals surface area contributed by atoms with Gasteiger partial charge in [-0.2, -0.15) is 5.10 Å². The van der Waals surface area contributed by atoms with Crippen LogP contribution in [0.5, 0.6) is 0 Å². The van der Waals surface area contributed by atoms with E-state index in [2.05, 4.69) is 156 Å². The zero-order chi connectivity index (χ0) is 30.5. The Morgan fingerprint density at radius 2 is 0.957 bits per heavy atom. The summed E-state index contributed by atoms with van der Waals surface area (Å²) >= 11 is 0. The molecular formula is C42H28N4. The number of aromatic nitrogens is 4. The van der Waals surface area contributed by atoms with Crippen molar-refractivity contribution >= 4 is 27.5 Å². The van der Waals surface area contributed by atoms with E-state index < -0.39 is 0 Å². The molecule has 0 bridgehead atoms. The Hall–Kier alpha value is -6.26. The van der Waals surface area contributed by atoms with Gasteiger partial charge >= 0.3 is 0 Å². The molecule has 0 saturated carbocycles. The van der Waals surface area contributed by atoms with Crippen LogP contribution in [0.2, 0.25) is 0 Å². The molecule has 0 saturated heterocycles. The normalized spacial score (nSPS) is 11.5. The van der Waals surface area contributed by atoms with Gasteiger partial charge in [-0.3, -0.25) is 0 Å². The highest BCUT2D eigenvalue weighted by Crippen LogP contribution is 2.39. The summed E-state index contributed by atoms with van der Waals surface area (Å²) < 4.78 is 4.36. The number of hydrogen-bond acceptors (Lipinski definition) is 2. The van der Waals surface area contributed by atoms with E-state index in [-0.39, 0.29) is 0 Å². The fourth-order valence-corrected chi connectivity index (χ4v) is 6.63. The lowest BCUT2D eigenvalue weighted by Crippen LogP contribution is -1.99. The van der Waals surface area contributed by atoms with Gasteiger partial charge in [0, 0.05) is 33.2 Å². The van der Waals surface area contributed by atoms with Crippen molar-refractivity contribution < 1.29 is 0 Å². The van der Waals surface area contributed by atoms with Crippen LogP contribution < -0.4 is 0 Å². The molecule has 3 heterocycles. The molecule has 0 radical (unpaired) electrons. The molecule has 0 atom stereocenters. The average Bonchev–Trinajstić information content (AvgIpc) is 3.69. The lowest BCUT2D eigenvalue weighted by molar-refractivity contribution is 0.953. The van der Waals surface area contributed by atoms with Gasteiger partial charge in [0.1, 0.15) is 5.69 Å². The van der Waals surface area contributed by atoms with E-state index in [1.54, 1.807) is 0 Å². The molecule has 0 aliphatic rings. The van der Waals surface area contributed by atoms with E-state index >= 15 is 0 Å². The summed E-state index contributed by atoms with van der Waals surface area (Å²) in [5.41, 5.74) is 12.4. The van der Waals surface area contributed by atoms with Crippen LogP contribution in [-0.4, -0.2) is 19.2 Å². The first-order valence-electron chi connectivity index (χ1n) is 15.5. The predicted octanol–water partition coefficient (Wildman–Crippen LogP) is 10.5. The molecule has 6 aromatic carbocycles. The first-order chi connectivity index (χ1) is 22.8. The van der Waals surface area contributed by atoms with Gasteiger partial charge in [0.2, 0.25) is 0 Å². The van der Waals surface area contributed by atoms with Crippen molar-refractivity contribution in [1.82, 2.24) is 19.2 Å². The van der Waals surface area contributed by atoms with Crippen molar-refractivity contribution in [2.24, 2.45) is 0 Å². The van der Waals surface area contributed by atoms with Gasteiger partial charge in [0.25, 0.3) is 0 Å². The van der Waals surface area contributed by atoms with Crippen LogP contribution in [0.3, 0.4) is 0 Å². The summed E-state index contributed by atoms with van der Waals surface area (Å²) in [7, 11) is 0. The zero-order valence-corrected chi connectivity index (χ0v) is 25.0. The van der Waals surface area contributed by atoms with Crippen molar-refractivity contribution in [2.45, 2.75) is 0 Å². The quantitative estimate of drug-likeness (QED) is 0.200. The van der Waals surface area contributed by atoms with E-state index in [0.717, 1.165) is 56.2 Å². The van der Waals surface area contributed by atoms with Crippen molar-refractivity contribution in [1.29, 1.82) is 0 Å². The maximum absolute atomic E-state index is 5.30. The Kier molecular flexibility index (Phi) is 6.10. The zero-order valence-electron chi connectivity index (χ0n) is 25.0. The molecule has 216 valence electrons. The molecule has 0 spiro atoms. The fraction of sp³-hybridized carbons (Fsp3) is 0. The highest BCUT2D eigenvalue weighted by molar-refractivity contribution is 6.09. The molecule has 3 aromatic heterocycles. The van der Waals surface area contributed by atoms with Gasteiger partial charge in [0.15, 0.2) is 5.65 Å². The van der Waals surface area contributed by atoms with E-state index in [1.807, 2.05) is 22.7 Å². The standard InChI is InChI=1S/C42H28N4/c1-4-14-29(15-5-1)36-28-39(30-16-6-2-7-17-30)46-42(43-36)40(41(44-46)32-18-8-3-9-19-32)31-24-26-33(27-25-31)45-37-22-12-10-20-34(37)35-21-11-13-23-38(35)45/h1-28H. The topological polar surface area (TPSA) is 35.1 Å². The Morgan fingerprint density at radius 1 is 0.435 bits per heavy atom. The van der Waals surface area contributed by atoms with Crippen molar-refractivity contribution in [3.63, 3.8) is 0 Å². The lowest BCUT2D eigenvalue weighted by atomic mass is 10.0. The Labute approximate surface area is 266 Å². The van der Waals surface area contributed by atoms with Crippen LogP contribution in [0.25, 0.3) is 78.0 Å². The molecular weight excluding hydrogens is 560 g/mol. The molecule has 0 fully saturated rings. The van der Waals surface area contributed by atoms with E-state index in [0.29, 0.717) is 0 Å². The molecule has 0 unspecified atom stereocenters. The van der Waals surface area contributed by atoms with E-state index in [9.17, 15) is 0 Å². The van der Waals surface area contributed by atoms with Gasteiger partial charge in [-0.25, -0.2) is 9.50 Å². The highest BCUT2D eigenvalue weighted by Gasteiger charge is 2.22. The predicted molar refractivity (Wildman–Crippen MR) is 189 cm³/mol. The first kappa shape index (κ1) is 26.2. The van der Waals surface area contributed by atoms with Gasteiger partial charge in [0.05, 0.1) is 28.0 Å². The van der Waals surface area contributed by atoms with Crippen LogP contribution in [0.15, 0.2) is 170 Å². The second-order valence-electron chi connectivity index (χ2n) is 11.5. The summed E-state index contributed by atoms with van der Waals surface area (Å²) in [5.74, 6) is 0. The minimum Gasteiger partial charge on any atom is -0.309 e. The number of nitrogens with zero attached hydrogens (tertiary/aromatic N) is 4. The first-order valence-corrected chi connectivity index (χ1v) is 15.5. The summed E-state index contributed by atoms with van der Waals surface area (Å²) in [6.07, 6.45) is 0. The third kappa shape index (κ3) is 4.23. The monoisotopic (exact) mass is 588 g/mol. The third-order valence-corrected chi connectivity index (χ3v) is 8.77. The molecule has 4 heteroatoms. The Morgan fingerprint density at radius 3 is 1.57 bits per heavy atom. The smallest absolute Gasteiger partial charge is 0.164 e. The van der Waals surface area contributed by atoms with Crippen molar-refractivity contribution in [2.75, 3.05) is 0 Å². The van der Waals surface area contributed by atoms with E-state index in [1.165, 1.54) is 21.8 Å². The molecule has 0 amide bonds. The largest absolute Gasteiger partial charge is 0.309 e. The summed E-state index contributed by atoms with van der Waals surface area (Å²) in [6, 6.07) is 59.5. The third-order valence-electron chi connectivity index (χ3n) is 8.77. The number of rotatable bonds is 5. The number of hydrogen-bond donors (Lipinski definition) is 0. The maximum Gasteiger partial charge on any atom is 0.164 e. The summed E-state index contributed by atoms with van der Waals surface area (Å²) in [5, 5.41) is 7.78. The molecule has 9 aromatic rings. The van der Waals surface area contributed by atoms with Crippen LogP contribution >= 0.6 is 0 Å². The minimum atomic E-state index is 0.823. The fourth-order valence-electron chi connectivity index (χ4n) is 6.63.